The lowest BCUT2D eigenvalue weighted by Gasteiger charge is -2.57. The van der Waals surface area contributed by atoms with E-state index in [0.717, 1.165) is 45.0 Å². The van der Waals surface area contributed by atoms with Crippen LogP contribution in [0, 0.1) is 11.3 Å². The second-order valence-electron chi connectivity index (χ2n) is 8.73. The van der Waals surface area contributed by atoms with Crippen molar-refractivity contribution < 1.29 is 14.3 Å². The molecule has 2 saturated carbocycles. The van der Waals surface area contributed by atoms with E-state index in [9.17, 15) is 4.79 Å². The number of amides is 1. The summed E-state index contributed by atoms with van der Waals surface area (Å²) in [5.74, 6) is 1.58. The Balaban J connectivity index is 0.00000240. The molecule has 2 N–H and O–H groups in total. The summed E-state index contributed by atoms with van der Waals surface area (Å²) in [5.41, 5.74) is 0.324. The topological polar surface area (TPSA) is 75.2 Å². The van der Waals surface area contributed by atoms with Gasteiger partial charge in [-0.25, -0.2) is 4.79 Å². The number of ether oxygens (including phenoxy) is 2. The molecule has 2 aliphatic heterocycles. The van der Waals surface area contributed by atoms with E-state index in [1.807, 2.05) is 11.8 Å². The van der Waals surface area contributed by atoms with Crippen molar-refractivity contribution in [2.45, 2.75) is 77.0 Å². The third kappa shape index (κ3) is 4.48. The summed E-state index contributed by atoms with van der Waals surface area (Å²) in [6.45, 7) is 7.52. The fourth-order valence-electron chi connectivity index (χ4n) is 5.96. The summed E-state index contributed by atoms with van der Waals surface area (Å²) >= 11 is 0. The van der Waals surface area contributed by atoms with Crippen molar-refractivity contribution in [2.75, 3.05) is 32.8 Å². The predicted octanol–water partition coefficient (Wildman–Crippen LogP) is 3.13. The first-order chi connectivity index (χ1) is 13.7. The van der Waals surface area contributed by atoms with E-state index in [1.165, 1.54) is 32.1 Å². The molecule has 1 amide bonds. The van der Waals surface area contributed by atoms with E-state index < -0.39 is 0 Å². The van der Waals surface area contributed by atoms with Crippen molar-refractivity contribution in [1.29, 1.82) is 0 Å². The van der Waals surface area contributed by atoms with Gasteiger partial charge in [0.1, 0.15) is 0 Å². The van der Waals surface area contributed by atoms with Gasteiger partial charge in [-0.2, -0.15) is 0 Å². The Bertz CT molecular complexity index is 588. The number of likely N-dealkylation sites (tertiary alicyclic amines) is 1. The first kappa shape index (κ1) is 22.9. The van der Waals surface area contributed by atoms with Crippen molar-refractivity contribution in [3.63, 3.8) is 0 Å². The average Bonchev–Trinajstić information content (AvgIpc) is 3.36. The fourth-order valence-corrected chi connectivity index (χ4v) is 5.96. The predicted molar refractivity (Wildman–Crippen MR) is 124 cm³/mol. The Morgan fingerprint density at radius 3 is 2.55 bits per heavy atom. The lowest BCUT2D eigenvalue weighted by molar-refractivity contribution is -0.125. The molecule has 2 heterocycles. The zero-order valence-electron chi connectivity index (χ0n) is 17.8. The molecule has 166 valence electrons. The van der Waals surface area contributed by atoms with Crippen LogP contribution < -0.4 is 10.6 Å². The Labute approximate surface area is 191 Å². The molecular formula is C21H37IN4O3. The number of halogens is 1. The van der Waals surface area contributed by atoms with E-state index in [-0.39, 0.29) is 30.1 Å². The fraction of sp³-hybridized carbons (Fsp3) is 0.905. The smallest absolute Gasteiger partial charge is 0.409 e. The zero-order chi connectivity index (χ0) is 19.6. The monoisotopic (exact) mass is 520 g/mol. The number of hydrogen-bond donors (Lipinski definition) is 2. The minimum atomic E-state index is -0.188. The molecular weight excluding hydrogens is 483 g/mol. The molecule has 0 bridgehead atoms. The number of nitrogens with one attached hydrogen (secondary N) is 2. The molecule has 7 nitrogen and oxygen atoms in total. The summed E-state index contributed by atoms with van der Waals surface area (Å²) in [6.07, 6.45) is 8.50. The highest BCUT2D eigenvalue weighted by Gasteiger charge is 2.65. The van der Waals surface area contributed by atoms with Crippen LogP contribution in [-0.4, -0.2) is 68.0 Å². The molecule has 2 saturated heterocycles. The molecule has 8 heteroatoms. The molecule has 0 aromatic carbocycles. The minimum Gasteiger partial charge on any atom is -0.450 e. The van der Waals surface area contributed by atoms with Crippen molar-refractivity contribution >= 4 is 36.0 Å². The molecule has 1 spiro atoms. The number of rotatable bonds is 4. The first-order valence-electron chi connectivity index (χ1n) is 11.3. The number of nitrogens with zero attached hydrogens (tertiary/aromatic N) is 2. The van der Waals surface area contributed by atoms with Gasteiger partial charge in [0.05, 0.1) is 12.7 Å². The molecule has 4 rings (SSSR count). The van der Waals surface area contributed by atoms with Crippen LogP contribution in [0.15, 0.2) is 4.99 Å². The second kappa shape index (κ2) is 10.0. The molecule has 0 aromatic rings. The van der Waals surface area contributed by atoms with Gasteiger partial charge in [-0.05, 0) is 46.0 Å². The highest BCUT2D eigenvalue weighted by atomic mass is 127. The van der Waals surface area contributed by atoms with Crippen molar-refractivity contribution in [3.8, 4) is 0 Å². The number of carbonyl (C=O) groups is 1. The van der Waals surface area contributed by atoms with E-state index in [4.69, 9.17) is 14.5 Å². The van der Waals surface area contributed by atoms with Gasteiger partial charge in [-0.3, -0.25) is 4.99 Å². The number of carbonyl (C=O) groups excluding carboxylic acids is 1. The van der Waals surface area contributed by atoms with Crippen molar-refractivity contribution in [2.24, 2.45) is 16.3 Å². The maximum atomic E-state index is 11.9. The largest absolute Gasteiger partial charge is 0.450 e. The normalized spacial score (nSPS) is 31.0. The molecule has 29 heavy (non-hydrogen) atoms. The molecule has 3 unspecified atom stereocenters. The van der Waals surface area contributed by atoms with Gasteiger partial charge in [0.2, 0.25) is 0 Å². The number of aliphatic imine (C=N–C) groups is 1. The van der Waals surface area contributed by atoms with E-state index in [0.29, 0.717) is 36.1 Å². The van der Waals surface area contributed by atoms with Crippen LogP contribution in [-0.2, 0) is 9.47 Å². The van der Waals surface area contributed by atoms with Crippen LogP contribution in [0.2, 0.25) is 0 Å². The Morgan fingerprint density at radius 2 is 1.90 bits per heavy atom. The molecule has 4 fully saturated rings. The van der Waals surface area contributed by atoms with Gasteiger partial charge in [0.15, 0.2) is 5.96 Å². The van der Waals surface area contributed by atoms with Crippen molar-refractivity contribution in [1.82, 2.24) is 15.5 Å². The minimum absolute atomic E-state index is 0. The average molecular weight is 520 g/mol. The van der Waals surface area contributed by atoms with Crippen molar-refractivity contribution in [3.05, 3.63) is 0 Å². The van der Waals surface area contributed by atoms with Gasteiger partial charge < -0.3 is 25.0 Å². The lowest BCUT2D eigenvalue weighted by atomic mass is 9.54. The van der Waals surface area contributed by atoms with Crippen LogP contribution in [0.4, 0.5) is 4.79 Å². The summed E-state index contributed by atoms with van der Waals surface area (Å²) in [7, 11) is 0. The van der Waals surface area contributed by atoms with Gasteiger partial charge in [0.25, 0.3) is 0 Å². The van der Waals surface area contributed by atoms with E-state index in [1.54, 1.807) is 0 Å². The third-order valence-electron chi connectivity index (χ3n) is 7.26. The first-order valence-corrected chi connectivity index (χ1v) is 11.3. The summed E-state index contributed by atoms with van der Waals surface area (Å²) in [4.78, 5) is 18.5. The molecule has 0 aromatic heterocycles. The summed E-state index contributed by atoms with van der Waals surface area (Å²) in [5, 5.41) is 7.47. The standard InChI is InChI=1S/C21H36N4O3.HI/c1-3-22-19(23-15-7-12-25(13-8-15)20(26)27-4-2)24-17-16-9-14-28-18(16)21(17)10-5-6-11-21;/h15-18H,3-14H2,1-2H3,(H2,22,23,24);1H. The molecule has 3 atom stereocenters. The number of fused-ring (bicyclic) bond motifs is 2. The zero-order valence-corrected chi connectivity index (χ0v) is 20.2. The van der Waals surface area contributed by atoms with E-state index in [2.05, 4.69) is 17.6 Å². The third-order valence-corrected chi connectivity index (χ3v) is 7.26. The Kier molecular flexibility index (Phi) is 7.92. The van der Waals surface area contributed by atoms with Crippen LogP contribution in [0.1, 0.15) is 58.8 Å². The van der Waals surface area contributed by atoms with Crippen LogP contribution in [0.3, 0.4) is 0 Å². The van der Waals surface area contributed by atoms with Gasteiger partial charge in [-0.15, -0.1) is 24.0 Å². The van der Waals surface area contributed by atoms with Crippen LogP contribution in [0.25, 0.3) is 0 Å². The van der Waals surface area contributed by atoms with Crippen LogP contribution in [0.5, 0.6) is 0 Å². The number of hydrogen-bond acceptors (Lipinski definition) is 4. The Morgan fingerprint density at radius 1 is 1.17 bits per heavy atom. The summed E-state index contributed by atoms with van der Waals surface area (Å²) in [6, 6.07) is 0.832. The number of piperidine rings is 1. The molecule has 0 radical (unpaired) electrons. The quantitative estimate of drug-likeness (QED) is 0.339. The lowest BCUT2D eigenvalue weighted by Crippen LogP contribution is -2.69. The van der Waals surface area contributed by atoms with Crippen LogP contribution >= 0.6 is 24.0 Å². The number of guanidine groups is 1. The molecule has 4 aliphatic rings. The van der Waals surface area contributed by atoms with Gasteiger partial charge in [0, 0.05) is 49.7 Å². The van der Waals surface area contributed by atoms with Gasteiger partial charge in [-0.1, -0.05) is 12.8 Å². The highest BCUT2D eigenvalue weighted by Crippen LogP contribution is 2.60. The highest BCUT2D eigenvalue weighted by molar-refractivity contribution is 14.0. The Hall–Kier alpha value is -0.770. The second-order valence-corrected chi connectivity index (χ2v) is 8.73. The summed E-state index contributed by atoms with van der Waals surface area (Å²) < 4.78 is 11.2. The van der Waals surface area contributed by atoms with E-state index >= 15 is 0 Å². The maximum absolute atomic E-state index is 11.9. The van der Waals surface area contributed by atoms with Gasteiger partial charge >= 0.3 is 6.09 Å². The maximum Gasteiger partial charge on any atom is 0.409 e. The molecule has 2 aliphatic carbocycles. The SMILES string of the molecule is CCN=C(NC1CCN(C(=O)OCC)CC1)NC1C2CCOC2C12CCCC2.I.